The molecule has 0 spiro atoms. The topological polar surface area (TPSA) is 45.5 Å². The summed E-state index contributed by atoms with van der Waals surface area (Å²) in [5, 5.41) is 0. The van der Waals surface area contributed by atoms with E-state index in [1.807, 2.05) is 13.2 Å². The van der Waals surface area contributed by atoms with Gasteiger partial charge in [-0.15, -0.1) is 0 Å². The zero-order valence-electron chi connectivity index (χ0n) is 11.6. The van der Waals surface area contributed by atoms with Crippen molar-refractivity contribution in [1.29, 1.82) is 0 Å². The van der Waals surface area contributed by atoms with Crippen LogP contribution in [0.1, 0.15) is 24.3 Å². The van der Waals surface area contributed by atoms with Gasteiger partial charge in [-0.25, -0.2) is 0 Å². The van der Waals surface area contributed by atoms with Gasteiger partial charge in [-0.3, -0.25) is 9.59 Å². The second kappa shape index (κ2) is 4.67. The molecule has 2 heterocycles. The van der Waals surface area contributed by atoms with E-state index in [1.54, 1.807) is 41.3 Å². The van der Waals surface area contributed by atoms with E-state index in [9.17, 15) is 9.59 Å². The normalized spacial score (nSPS) is 18.9. The molecule has 0 aliphatic carbocycles. The Bertz CT molecular complexity index is 536. The lowest BCUT2D eigenvalue weighted by atomic mass is 9.97. The van der Waals surface area contributed by atoms with Crippen molar-refractivity contribution in [2.45, 2.75) is 19.4 Å². The molecular formula is C13H18BrN3O2. The molecule has 1 aromatic heterocycles. The lowest BCUT2D eigenvalue weighted by Crippen LogP contribution is -2.63. The fourth-order valence-corrected chi connectivity index (χ4v) is 2.97. The van der Waals surface area contributed by atoms with E-state index >= 15 is 0 Å². The molecule has 5 nitrogen and oxygen atoms in total. The molecule has 1 saturated heterocycles. The first-order chi connectivity index (χ1) is 8.75. The van der Waals surface area contributed by atoms with Crippen LogP contribution in [0.5, 0.6) is 0 Å². The first-order valence-corrected chi connectivity index (χ1v) is 6.94. The number of carbonyl (C=O) groups excluding carboxylic acids is 2. The van der Waals surface area contributed by atoms with Crippen LogP contribution in [0.2, 0.25) is 0 Å². The molecule has 0 unspecified atom stereocenters. The minimum absolute atomic E-state index is 0.0274. The zero-order valence-corrected chi connectivity index (χ0v) is 13.2. The van der Waals surface area contributed by atoms with Crippen molar-refractivity contribution >= 4 is 27.7 Å². The number of hydrogen-bond donors (Lipinski definition) is 0. The van der Waals surface area contributed by atoms with E-state index in [2.05, 4.69) is 15.9 Å². The summed E-state index contributed by atoms with van der Waals surface area (Å²) >= 11 is 3.36. The van der Waals surface area contributed by atoms with Gasteiger partial charge in [0, 0.05) is 37.9 Å². The maximum absolute atomic E-state index is 12.6. The maximum Gasteiger partial charge on any atom is 0.271 e. The van der Waals surface area contributed by atoms with Crippen molar-refractivity contribution in [3.8, 4) is 0 Å². The van der Waals surface area contributed by atoms with Gasteiger partial charge in [0.2, 0.25) is 5.91 Å². The van der Waals surface area contributed by atoms with Crippen LogP contribution >= 0.6 is 15.9 Å². The van der Waals surface area contributed by atoms with Gasteiger partial charge in [0.25, 0.3) is 5.91 Å². The van der Waals surface area contributed by atoms with Crippen molar-refractivity contribution in [2.75, 3.05) is 20.1 Å². The molecule has 2 rings (SSSR count). The third kappa shape index (κ3) is 2.29. The number of aryl methyl sites for hydroxylation is 1. The summed E-state index contributed by atoms with van der Waals surface area (Å²) < 4.78 is 2.63. The summed E-state index contributed by atoms with van der Waals surface area (Å²) in [6, 6.07) is 1.78. The molecule has 0 aromatic carbocycles. The van der Waals surface area contributed by atoms with E-state index in [1.165, 1.54) is 0 Å². The molecule has 1 fully saturated rings. The van der Waals surface area contributed by atoms with Crippen molar-refractivity contribution in [1.82, 2.24) is 14.4 Å². The Labute approximate surface area is 121 Å². The van der Waals surface area contributed by atoms with Crippen LogP contribution in [0, 0.1) is 0 Å². The Morgan fingerprint density at radius 3 is 2.47 bits per heavy atom. The van der Waals surface area contributed by atoms with E-state index in [0.29, 0.717) is 18.8 Å². The number of amides is 2. The predicted octanol–water partition coefficient (Wildman–Crippen LogP) is 1.48. The average Bonchev–Trinajstić information content (AvgIpc) is 2.65. The Morgan fingerprint density at radius 2 is 1.95 bits per heavy atom. The molecule has 2 amide bonds. The van der Waals surface area contributed by atoms with Gasteiger partial charge in [-0.05, 0) is 35.8 Å². The van der Waals surface area contributed by atoms with Gasteiger partial charge in [0.05, 0.1) is 0 Å². The monoisotopic (exact) mass is 327 g/mol. The average molecular weight is 328 g/mol. The number of rotatable bonds is 1. The highest BCUT2D eigenvalue weighted by atomic mass is 79.9. The smallest absolute Gasteiger partial charge is 0.271 e. The quantitative estimate of drug-likeness (QED) is 0.784. The largest absolute Gasteiger partial charge is 0.345 e. The molecule has 6 heteroatoms. The second-order valence-electron chi connectivity index (χ2n) is 5.40. The summed E-state index contributed by atoms with van der Waals surface area (Å²) in [7, 11) is 3.59. The number of carbonyl (C=O) groups is 2. The van der Waals surface area contributed by atoms with Gasteiger partial charge < -0.3 is 14.4 Å². The molecule has 1 aromatic rings. The van der Waals surface area contributed by atoms with E-state index in [0.717, 1.165) is 4.47 Å². The summed E-state index contributed by atoms with van der Waals surface area (Å²) in [6.45, 7) is 4.71. The van der Waals surface area contributed by atoms with Crippen molar-refractivity contribution < 1.29 is 9.59 Å². The number of likely N-dealkylation sites (N-methyl/N-ethyl adjacent to an activating group) is 1. The van der Waals surface area contributed by atoms with Crippen molar-refractivity contribution in [2.24, 2.45) is 7.05 Å². The van der Waals surface area contributed by atoms with Crippen LogP contribution in [-0.4, -0.2) is 51.9 Å². The fraction of sp³-hybridized carbons (Fsp3) is 0.538. The Balaban J connectivity index is 2.34. The minimum Gasteiger partial charge on any atom is -0.345 e. The molecule has 104 valence electrons. The highest BCUT2D eigenvalue weighted by Crippen LogP contribution is 2.25. The van der Waals surface area contributed by atoms with Crippen LogP contribution in [-0.2, 0) is 11.8 Å². The number of aromatic nitrogens is 1. The summed E-state index contributed by atoms with van der Waals surface area (Å²) in [5.74, 6) is -0.139. The van der Waals surface area contributed by atoms with Crippen LogP contribution < -0.4 is 0 Å². The molecule has 1 aliphatic rings. The van der Waals surface area contributed by atoms with Crippen LogP contribution in [0.15, 0.2) is 16.7 Å². The second-order valence-corrected chi connectivity index (χ2v) is 6.31. The number of halogens is 1. The summed E-state index contributed by atoms with van der Waals surface area (Å²) in [5.41, 5.74) is -0.224. The molecule has 19 heavy (non-hydrogen) atoms. The molecule has 1 aliphatic heterocycles. The highest BCUT2D eigenvalue weighted by Gasteiger charge is 2.43. The van der Waals surface area contributed by atoms with Gasteiger partial charge >= 0.3 is 0 Å². The van der Waals surface area contributed by atoms with Crippen molar-refractivity contribution in [3.05, 3.63) is 22.4 Å². The molecule has 0 N–H and O–H groups in total. The molecule has 0 radical (unpaired) electrons. The van der Waals surface area contributed by atoms with Gasteiger partial charge in [-0.1, -0.05) is 0 Å². The van der Waals surface area contributed by atoms with Crippen LogP contribution in [0.25, 0.3) is 0 Å². The maximum atomic E-state index is 12.6. The third-order valence-corrected chi connectivity index (χ3v) is 4.07. The van der Waals surface area contributed by atoms with Gasteiger partial charge in [0.1, 0.15) is 11.2 Å². The summed E-state index contributed by atoms with van der Waals surface area (Å²) in [6.07, 6.45) is 1.83. The van der Waals surface area contributed by atoms with Crippen LogP contribution in [0.3, 0.4) is 0 Å². The molecule has 0 atom stereocenters. The standard InChI is InChI=1S/C13H18BrN3O2/c1-13(2)12(19)15(3)5-6-17(13)11(18)10-7-9(14)8-16(10)4/h7-8H,5-6H2,1-4H3. The molecule has 0 bridgehead atoms. The lowest BCUT2D eigenvalue weighted by Gasteiger charge is -2.44. The van der Waals surface area contributed by atoms with Crippen LogP contribution in [0.4, 0.5) is 0 Å². The van der Waals surface area contributed by atoms with Crippen molar-refractivity contribution in [3.63, 3.8) is 0 Å². The highest BCUT2D eigenvalue weighted by molar-refractivity contribution is 9.10. The first-order valence-electron chi connectivity index (χ1n) is 6.14. The number of piperazine rings is 1. The van der Waals surface area contributed by atoms with Gasteiger partial charge in [-0.2, -0.15) is 0 Å². The third-order valence-electron chi connectivity index (χ3n) is 3.64. The van der Waals surface area contributed by atoms with E-state index < -0.39 is 5.54 Å². The van der Waals surface area contributed by atoms with Gasteiger partial charge in [0.15, 0.2) is 0 Å². The summed E-state index contributed by atoms with van der Waals surface area (Å²) in [4.78, 5) is 28.1. The minimum atomic E-state index is -0.805. The number of nitrogens with zero attached hydrogens (tertiary/aromatic N) is 3. The lowest BCUT2D eigenvalue weighted by molar-refractivity contribution is -0.144. The number of hydrogen-bond acceptors (Lipinski definition) is 2. The van der Waals surface area contributed by atoms with E-state index in [4.69, 9.17) is 0 Å². The Hall–Kier alpha value is -1.30. The molecule has 0 saturated carbocycles. The Morgan fingerprint density at radius 1 is 1.32 bits per heavy atom. The Kier molecular flexibility index (Phi) is 3.47. The SMILES string of the molecule is CN1CCN(C(=O)c2cc(Br)cn2C)C(C)(C)C1=O. The molecular weight excluding hydrogens is 310 g/mol. The predicted molar refractivity (Wildman–Crippen MR) is 75.9 cm³/mol. The van der Waals surface area contributed by atoms with E-state index in [-0.39, 0.29) is 11.8 Å². The fourth-order valence-electron chi connectivity index (χ4n) is 2.44. The first kappa shape index (κ1) is 14.1. The zero-order chi connectivity index (χ0) is 14.4.